The Labute approximate surface area is 178 Å². The van der Waals surface area contributed by atoms with E-state index in [-0.39, 0.29) is 13.0 Å². The molecule has 1 rings (SSSR count). The molecule has 8 N–H and O–H groups in total. The summed E-state index contributed by atoms with van der Waals surface area (Å²) in [7, 11) is 1.32. The summed E-state index contributed by atoms with van der Waals surface area (Å²) in [5.74, 6) is -5.06. The summed E-state index contributed by atoms with van der Waals surface area (Å²) in [6.45, 7) is -0.575. The quantitative estimate of drug-likeness (QED) is 0.204. The largest absolute Gasteiger partial charge is 0.481 e. The zero-order valence-corrected chi connectivity index (χ0v) is 17.0. The summed E-state index contributed by atoms with van der Waals surface area (Å²) in [6.07, 6.45) is -0.797. The summed E-state index contributed by atoms with van der Waals surface area (Å²) < 4.78 is 0. The van der Waals surface area contributed by atoms with E-state index in [0.717, 1.165) is 4.90 Å². The number of carboxylic acid groups (broad SMARTS) is 2. The standard InChI is InChI=1S/C19H27N5O7/c1-24(15(25)10-22-17(28)12(21)9-20)14(7-11-5-3-2-4-6-11)18(29)23-13(19(30)31)8-16(26)27/h2-6,12-14H,7-10,20-21H2,1H3,(H,22,28)(H,23,29)(H,26,27)(H,30,31)/t12-,13+,14+/m1/s1. The molecule has 0 unspecified atom stereocenters. The molecule has 1 aromatic rings. The molecule has 0 aliphatic rings. The number of carbonyl (C=O) groups is 5. The SMILES string of the molecule is CN(C(=O)CNC(=O)[C@H](N)CN)[C@@H](Cc1ccccc1)C(=O)N[C@@H](CC(=O)O)C(=O)O. The maximum Gasteiger partial charge on any atom is 0.326 e. The summed E-state index contributed by atoms with van der Waals surface area (Å²) in [5.41, 5.74) is 11.5. The van der Waals surface area contributed by atoms with Gasteiger partial charge in [-0.05, 0) is 5.56 Å². The van der Waals surface area contributed by atoms with Crippen molar-refractivity contribution < 1.29 is 34.2 Å². The molecule has 0 aliphatic heterocycles. The molecule has 1 aromatic carbocycles. The van der Waals surface area contributed by atoms with Gasteiger partial charge in [-0.3, -0.25) is 19.2 Å². The zero-order chi connectivity index (χ0) is 23.6. The number of amides is 3. The van der Waals surface area contributed by atoms with Crippen molar-refractivity contribution in [1.29, 1.82) is 0 Å². The second-order valence-corrected chi connectivity index (χ2v) is 6.77. The minimum atomic E-state index is -1.67. The Morgan fingerprint density at radius 2 is 1.68 bits per heavy atom. The zero-order valence-electron chi connectivity index (χ0n) is 17.0. The molecule has 0 aliphatic carbocycles. The Bertz CT molecular complexity index is 802. The number of carbonyl (C=O) groups excluding carboxylic acids is 3. The second kappa shape index (κ2) is 12.2. The lowest BCUT2D eigenvalue weighted by Crippen LogP contribution is -2.55. The van der Waals surface area contributed by atoms with Gasteiger partial charge in [0, 0.05) is 20.0 Å². The van der Waals surface area contributed by atoms with Crippen molar-refractivity contribution in [2.45, 2.75) is 31.0 Å². The summed E-state index contributed by atoms with van der Waals surface area (Å²) in [4.78, 5) is 60.3. The first-order valence-corrected chi connectivity index (χ1v) is 9.34. The van der Waals surface area contributed by atoms with Crippen molar-refractivity contribution in [2.75, 3.05) is 20.1 Å². The molecule has 3 atom stereocenters. The highest BCUT2D eigenvalue weighted by molar-refractivity contribution is 5.93. The number of likely N-dealkylation sites (N-methyl/N-ethyl adjacent to an activating group) is 1. The van der Waals surface area contributed by atoms with Crippen molar-refractivity contribution >= 4 is 29.7 Å². The highest BCUT2D eigenvalue weighted by atomic mass is 16.4. The van der Waals surface area contributed by atoms with E-state index in [4.69, 9.17) is 16.6 Å². The van der Waals surface area contributed by atoms with Crippen LogP contribution in [0.25, 0.3) is 0 Å². The maximum absolute atomic E-state index is 12.8. The first kappa shape index (κ1) is 25.5. The molecule has 170 valence electrons. The Hall–Kier alpha value is -3.51. The molecule has 12 nitrogen and oxygen atoms in total. The number of aliphatic carboxylic acids is 2. The van der Waals surface area contributed by atoms with Gasteiger partial charge in [0.05, 0.1) is 19.0 Å². The molecule has 0 saturated heterocycles. The fourth-order valence-electron chi connectivity index (χ4n) is 2.58. The van der Waals surface area contributed by atoms with E-state index in [2.05, 4.69) is 10.6 Å². The van der Waals surface area contributed by atoms with Gasteiger partial charge in [-0.25, -0.2) is 4.79 Å². The fraction of sp³-hybridized carbons (Fsp3) is 0.421. The average molecular weight is 437 g/mol. The lowest BCUT2D eigenvalue weighted by atomic mass is 10.0. The average Bonchev–Trinajstić information content (AvgIpc) is 2.74. The second-order valence-electron chi connectivity index (χ2n) is 6.77. The predicted octanol–water partition coefficient (Wildman–Crippen LogP) is -2.50. The molecular weight excluding hydrogens is 410 g/mol. The maximum atomic E-state index is 12.8. The predicted molar refractivity (Wildman–Crippen MR) is 109 cm³/mol. The van der Waals surface area contributed by atoms with Gasteiger partial charge in [0.15, 0.2) is 0 Å². The molecule has 0 aromatic heterocycles. The van der Waals surface area contributed by atoms with E-state index in [1.54, 1.807) is 30.3 Å². The lowest BCUT2D eigenvalue weighted by Gasteiger charge is -2.29. The van der Waals surface area contributed by atoms with Crippen LogP contribution >= 0.6 is 0 Å². The third kappa shape index (κ3) is 8.40. The van der Waals surface area contributed by atoms with Crippen molar-refractivity contribution in [3.63, 3.8) is 0 Å². The Balaban J connectivity index is 3.00. The van der Waals surface area contributed by atoms with Crippen LogP contribution in [0.1, 0.15) is 12.0 Å². The molecule has 0 heterocycles. The van der Waals surface area contributed by atoms with Gasteiger partial charge in [-0.15, -0.1) is 0 Å². The molecule has 0 saturated carbocycles. The van der Waals surface area contributed by atoms with Crippen LogP contribution in [-0.2, 0) is 30.4 Å². The molecule has 31 heavy (non-hydrogen) atoms. The molecule has 0 fully saturated rings. The van der Waals surface area contributed by atoms with E-state index >= 15 is 0 Å². The highest BCUT2D eigenvalue weighted by Gasteiger charge is 2.31. The van der Waals surface area contributed by atoms with Gasteiger partial charge >= 0.3 is 11.9 Å². The minimum absolute atomic E-state index is 0.0323. The molecule has 0 bridgehead atoms. The Morgan fingerprint density at radius 1 is 1.06 bits per heavy atom. The number of benzene rings is 1. The van der Waals surface area contributed by atoms with Crippen LogP contribution in [0.5, 0.6) is 0 Å². The van der Waals surface area contributed by atoms with Crippen LogP contribution in [0.3, 0.4) is 0 Å². The van der Waals surface area contributed by atoms with Crippen LogP contribution in [-0.4, -0.2) is 83.0 Å². The first-order valence-electron chi connectivity index (χ1n) is 9.34. The van der Waals surface area contributed by atoms with E-state index in [1.165, 1.54) is 7.05 Å². The van der Waals surface area contributed by atoms with Gasteiger partial charge in [-0.2, -0.15) is 0 Å². The number of nitrogens with two attached hydrogens (primary N) is 2. The number of carboxylic acids is 2. The molecule has 0 radical (unpaired) electrons. The van der Waals surface area contributed by atoms with Gasteiger partial charge in [0.25, 0.3) is 0 Å². The monoisotopic (exact) mass is 437 g/mol. The summed E-state index contributed by atoms with van der Waals surface area (Å²) in [6, 6.07) is 4.82. The van der Waals surface area contributed by atoms with E-state index in [1.807, 2.05) is 0 Å². The third-order valence-corrected chi connectivity index (χ3v) is 4.43. The third-order valence-electron chi connectivity index (χ3n) is 4.43. The van der Waals surface area contributed by atoms with Crippen molar-refractivity contribution in [3.05, 3.63) is 35.9 Å². The van der Waals surface area contributed by atoms with Gasteiger partial charge in [-0.1, -0.05) is 30.3 Å². The van der Waals surface area contributed by atoms with Gasteiger partial charge in [0.2, 0.25) is 17.7 Å². The smallest absolute Gasteiger partial charge is 0.326 e. The fourth-order valence-corrected chi connectivity index (χ4v) is 2.58. The summed E-state index contributed by atoms with van der Waals surface area (Å²) in [5, 5.41) is 22.5. The van der Waals surface area contributed by atoms with Gasteiger partial charge in [0.1, 0.15) is 12.1 Å². The molecule has 12 heteroatoms. The number of hydrogen-bond acceptors (Lipinski definition) is 7. The number of rotatable bonds is 12. The van der Waals surface area contributed by atoms with Crippen LogP contribution in [0.4, 0.5) is 0 Å². The first-order chi connectivity index (χ1) is 14.6. The molecular formula is C19H27N5O7. The van der Waals surface area contributed by atoms with Crippen LogP contribution < -0.4 is 22.1 Å². The van der Waals surface area contributed by atoms with E-state index in [0.29, 0.717) is 5.56 Å². The Morgan fingerprint density at radius 3 is 2.19 bits per heavy atom. The molecule has 3 amide bonds. The van der Waals surface area contributed by atoms with E-state index < -0.39 is 60.8 Å². The van der Waals surface area contributed by atoms with Gasteiger partial charge < -0.3 is 37.2 Å². The Kier molecular flexibility index (Phi) is 10.1. The topological polar surface area (TPSA) is 205 Å². The lowest BCUT2D eigenvalue weighted by molar-refractivity contribution is -0.148. The van der Waals surface area contributed by atoms with E-state index in [9.17, 15) is 29.1 Å². The minimum Gasteiger partial charge on any atom is -0.481 e. The number of nitrogens with zero attached hydrogens (tertiary/aromatic N) is 1. The van der Waals surface area contributed by atoms with Crippen molar-refractivity contribution in [2.24, 2.45) is 11.5 Å². The molecule has 0 spiro atoms. The van der Waals surface area contributed by atoms with Crippen LogP contribution in [0.2, 0.25) is 0 Å². The highest BCUT2D eigenvalue weighted by Crippen LogP contribution is 2.10. The van der Waals surface area contributed by atoms with Crippen molar-refractivity contribution in [3.8, 4) is 0 Å². The summed E-state index contributed by atoms with van der Waals surface area (Å²) >= 11 is 0. The number of hydrogen-bond donors (Lipinski definition) is 6. The van der Waals surface area contributed by atoms with Crippen molar-refractivity contribution in [1.82, 2.24) is 15.5 Å². The van der Waals surface area contributed by atoms with Crippen LogP contribution in [0, 0.1) is 0 Å². The normalized spacial score (nSPS) is 13.4. The van der Waals surface area contributed by atoms with Crippen LogP contribution in [0.15, 0.2) is 30.3 Å². The number of nitrogens with one attached hydrogen (secondary N) is 2.